The highest BCUT2D eigenvalue weighted by Gasteiger charge is 2.34. The molecule has 1 heterocycles. The maximum atomic E-state index is 12.8. The second kappa shape index (κ2) is 6.95. The summed E-state index contributed by atoms with van der Waals surface area (Å²) in [5, 5.41) is 13.6. The van der Waals surface area contributed by atoms with Crippen molar-refractivity contribution in [2.45, 2.75) is 6.18 Å². The van der Waals surface area contributed by atoms with Crippen molar-refractivity contribution in [2.24, 2.45) is 0 Å². The number of nitro benzene ring substituents is 1. The van der Waals surface area contributed by atoms with Crippen molar-refractivity contribution in [3.63, 3.8) is 0 Å². The lowest BCUT2D eigenvalue weighted by molar-refractivity contribution is -0.384. The molecule has 0 unspecified atom stereocenters. The molecule has 6 nitrogen and oxygen atoms in total. The number of pyridine rings is 1. The summed E-state index contributed by atoms with van der Waals surface area (Å²) in [6, 6.07) is 7.99. The minimum atomic E-state index is -4.56. The lowest BCUT2D eigenvalue weighted by Crippen LogP contribution is -2.15. The number of nitrogens with zero attached hydrogens (tertiary/aromatic N) is 2. The van der Waals surface area contributed by atoms with E-state index in [1.807, 2.05) is 0 Å². The number of benzene rings is 1. The van der Waals surface area contributed by atoms with E-state index < -0.39 is 22.5 Å². The summed E-state index contributed by atoms with van der Waals surface area (Å²) < 4.78 is 43.3. The van der Waals surface area contributed by atoms with E-state index in [0.717, 1.165) is 6.07 Å². The van der Waals surface area contributed by atoms with E-state index in [-0.39, 0.29) is 24.5 Å². The van der Waals surface area contributed by atoms with E-state index in [9.17, 15) is 23.3 Å². The molecular weight excluding hydrogens is 315 g/mol. The van der Waals surface area contributed by atoms with Crippen LogP contribution in [0, 0.1) is 10.1 Å². The van der Waals surface area contributed by atoms with Crippen molar-refractivity contribution in [3.05, 3.63) is 58.3 Å². The van der Waals surface area contributed by atoms with Gasteiger partial charge in [0.1, 0.15) is 17.9 Å². The lowest BCUT2D eigenvalue weighted by Gasteiger charge is -2.13. The molecule has 2 aromatic rings. The Balaban J connectivity index is 1.96. The van der Waals surface area contributed by atoms with Gasteiger partial charge in [-0.25, -0.2) is 4.98 Å². The summed E-state index contributed by atoms with van der Waals surface area (Å²) in [4.78, 5) is 13.8. The van der Waals surface area contributed by atoms with E-state index in [0.29, 0.717) is 0 Å². The molecule has 0 aliphatic heterocycles. The van der Waals surface area contributed by atoms with Gasteiger partial charge in [-0.2, -0.15) is 13.2 Å². The second-order valence-corrected chi connectivity index (χ2v) is 4.40. The molecule has 0 aliphatic carbocycles. The molecule has 1 N–H and O–H groups in total. The van der Waals surface area contributed by atoms with E-state index in [4.69, 9.17) is 4.74 Å². The fourth-order valence-corrected chi connectivity index (χ4v) is 1.84. The van der Waals surface area contributed by atoms with Crippen molar-refractivity contribution in [1.29, 1.82) is 0 Å². The van der Waals surface area contributed by atoms with Crippen LogP contribution in [0.1, 0.15) is 5.56 Å². The topological polar surface area (TPSA) is 77.3 Å². The van der Waals surface area contributed by atoms with Crippen LogP contribution in [-0.4, -0.2) is 23.1 Å². The Morgan fingerprint density at radius 3 is 2.65 bits per heavy atom. The number of hydrogen-bond acceptors (Lipinski definition) is 5. The average Bonchev–Trinajstić information content (AvgIpc) is 2.51. The fraction of sp³-hybridized carbons (Fsp3) is 0.214. The molecule has 1 aromatic heterocycles. The third-order valence-corrected chi connectivity index (χ3v) is 2.83. The van der Waals surface area contributed by atoms with Crippen LogP contribution >= 0.6 is 0 Å². The molecule has 0 atom stereocenters. The van der Waals surface area contributed by atoms with Crippen LogP contribution < -0.4 is 10.1 Å². The number of anilines is 1. The Hall–Kier alpha value is -2.84. The van der Waals surface area contributed by atoms with Crippen LogP contribution in [0.5, 0.6) is 5.88 Å². The first kappa shape index (κ1) is 16.5. The van der Waals surface area contributed by atoms with E-state index in [1.165, 1.54) is 30.5 Å². The van der Waals surface area contributed by atoms with Crippen LogP contribution in [0.15, 0.2) is 42.6 Å². The number of rotatable bonds is 6. The second-order valence-electron chi connectivity index (χ2n) is 4.40. The molecule has 9 heteroatoms. The Bertz CT molecular complexity index is 692. The van der Waals surface area contributed by atoms with Gasteiger partial charge in [0.05, 0.1) is 4.92 Å². The predicted molar refractivity (Wildman–Crippen MR) is 76.3 cm³/mol. The maximum Gasteiger partial charge on any atom is 0.421 e. The fourth-order valence-electron chi connectivity index (χ4n) is 1.84. The highest BCUT2D eigenvalue weighted by Crippen LogP contribution is 2.34. The molecule has 0 radical (unpaired) electrons. The quantitative estimate of drug-likeness (QED) is 0.499. The molecule has 23 heavy (non-hydrogen) atoms. The third-order valence-electron chi connectivity index (χ3n) is 2.83. The molecule has 0 amide bonds. The highest BCUT2D eigenvalue weighted by molar-refractivity contribution is 5.61. The monoisotopic (exact) mass is 327 g/mol. The van der Waals surface area contributed by atoms with Gasteiger partial charge in [-0.1, -0.05) is 12.1 Å². The van der Waals surface area contributed by atoms with Crippen LogP contribution in [0.3, 0.4) is 0 Å². The first-order chi connectivity index (χ1) is 10.9. The van der Waals surface area contributed by atoms with Gasteiger partial charge in [-0.3, -0.25) is 10.1 Å². The van der Waals surface area contributed by atoms with Gasteiger partial charge in [0.2, 0.25) is 5.88 Å². The largest absolute Gasteiger partial charge is 0.475 e. The molecular formula is C14H12F3N3O3. The standard InChI is InChI=1S/C14H12F3N3O3/c15-14(16,17)10-4-3-7-19-13(10)23-9-8-18-11-5-1-2-6-12(11)20(21)22/h1-7,18H,8-9H2. The zero-order chi connectivity index (χ0) is 16.9. The predicted octanol–water partition coefficient (Wildman–Crippen LogP) is 3.50. The average molecular weight is 327 g/mol. The number of ether oxygens (including phenoxy) is 1. The van der Waals surface area contributed by atoms with Crippen molar-refractivity contribution in [2.75, 3.05) is 18.5 Å². The van der Waals surface area contributed by atoms with Crippen LogP contribution in [0.2, 0.25) is 0 Å². The summed E-state index contributed by atoms with van der Waals surface area (Å²) in [5.74, 6) is -0.524. The lowest BCUT2D eigenvalue weighted by atomic mass is 10.2. The van der Waals surface area contributed by atoms with Crippen LogP contribution in [0.25, 0.3) is 0 Å². The van der Waals surface area contributed by atoms with E-state index in [2.05, 4.69) is 10.3 Å². The Kier molecular flexibility index (Phi) is 4.99. The van der Waals surface area contributed by atoms with Crippen LogP contribution in [0.4, 0.5) is 24.5 Å². The number of nitrogens with one attached hydrogen (secondary N) is 1. The van der Waals surface area contributed by atoms with Gasteiger partial charge < -0.3 is 10.1 Å². The molecule has 122 valence electrons. The molecule has 0 aliphatic rings. The molecule has 0 saturated carbocycles. The summed E-state index contributed by atoms with van der Waals surface area (Å²) in [6.45, 7) is -0.0507. The molecule has 0 saturated heterocycles. The molecule has 2 rings (SSSR count). The summed E-state index contributed by atoms with van der Waals surface area (Å²) >= 11 is 0. The Labute approximate surface area is 129 Å². The van der Waals surface area contributed by atoms with E-state index in [1.54, 1.807) is 6.07 Å². The van der Waals surface area contributed by atoms with Crippen LogP contribution in [-0.2, 0) is 6.18 Å². The zero-order valence-electron chi connectivity index (χ0n) is 11.7. The Morgan fingerprint density at radius 1 is 1.22 bits per heavy atom. The van der Waals surface area contributed by atoms with Gasteiger partial charge in [-0.05, 0) is 18.2 Å². The summed E-state index contributed by atoms with van der Waals surface area (Å²) in [7, 11) is 0. The SMILES string of the molecule is O=[N+]([O-])c1ccccc1NCCOc1ncccc1C(F)(F)F. The minimum Gasteiger partial charge on any atom is -0.475 e. The number of nitro groups is 1. The van der Waals surface area contributed by atoms with Crippen molar-refractivity contribution >= 4 is 11.4 Å². The summed E-state index contributed by atoms with van der Waals surface area (Å²) in [5.41, 5.74) is -0.829. The van der Waals surface area contributed by atoms with Gasteiger partial charge in [0.25, 0.3) is 5.69 Å². The third kappa shape index (κ3) is 4.31. The number of hydrogen-bond donors (Lipinski definition) is 1. The van der Waals surface area contributed by atoms with Crippen molar-refractivity contribution in [3.8, 4) is 5.88 Å². The van der Waals surface area contributed by atoms with Crippen molar-refractivity contribution in [1.82, 2.24) is 4.98 Å². The van der Waals surface area contributed by atoms with Gasteiger partial charge in [-0.15, -0.1) is 0 Å². The van der Waals surface area contributed by atoms with Gasteiger partial charge in [0, 0.05) is 18.8 Å². The first-order valence-corrected chi connectivity index (χ1v) is 6.52. The first-order valence-electron chi connectivity index (χ1n) is 6.52. The number of para-hydroxylation sites is 2. The summed E-state index contributed by atoms with van der Waals surface area (Å²) in [6.07, 6.45) is -3.37. The zero-order valence-corrected chi connectivity index (χ0v) is 11.7. The molecule has 0 fully saturated rings. The van der Waals surface area contributed by atoms with Crippen molar-refractivity contribution < 1.29 is 22.8 Å². The number of alkyl halides is 3. The van der Waals surface area contributed by atoms with Gasteiger partial charge in [0.15, 0.2) is 0 Å². The van der Waals surface area contributed by atoms with E-state index >= 15 is 0 Å². The van der Waals surface area contributed by atoms with Gasteiger partial charge >= 0.3 is 6.18 Å². The molecule has 0 bridgehead atoms. The normalized spacial score (nSPS) is 11.1. The smallest absolute Gasteiger partial charge is 0.421 e. The maximum absolute atomic E-state index is 12.8. The highest BCUT2D eigenvalue weighted by atomic mass is 19.4. The number of halogens is 3. The molecule has 1 aromatic carbocycles. The Morgan fingerprint density at radius 2 is 1.96 bits per heavy atom. The number of aromatic nitrogens is 1. The minimum absolute atomic E-state index is 0.0821. The molecule has 0 spiro atoms.